The average Bonchev–Trinajstić information content (AvgIpc) is 2.43. The number of anilines is 3. The van der Waals surface area contributed by atoms with Gasteiger partial charge in [-0.1, -0.05) is 12.1 Å². The highest BCUT2D eigenvalue weighted by molar-refractivity contribution is 9.10. The molecule has 2 aromatic carbocycles. The normalized spacial score (nSPS) is 10.1. The van der Waals surface area contributed by atoms with Crippen LogP contribution in [0.4, 0.5) is 17.1 Å². The van der Waals surface area contributed by atoms with Crippen LogP contribution in [0.25, 0.3) is 0 Å². The summed E-state index contributed by atoms with van der Waals surface area (Å²) in [6.45, 7) is 2.11. The maximum atomic E-state index is 11.6. The van der Waals surface area contributed by atoms with E-state index in [1.165, 1.54) is 0 Å². The van der Waals surface area contributed by atoms with Crippen molar-refractivity contribution in [3.8, 4) is 0 Å². The van der Waals surface area contributed by atoms with E-state index >= 15 is 0 Å². The fourth-order valence-corrected chi connectivity index (χ4v) is 2.11. The molecule has 0 unspecified atom stereocenters. The third-order valence-corrected chi connectivity index (χ3v) is 3.40. The van der Waals surface area contributed by atoms with Gasteiger partial charge in [-0.2, -0.15) is 0 Å². The minimum atomic E-state index is -0.369. The van der Waals surface area contributed by atoms with Crippen molar-refractivity contribution in [3.05, 3.63) is 52.5 Å². The lowest BCUT2D eigenvalue weighted by atomic mass is 10.1. The highest BCUT2D eigenvalue weighted by Gasteiger charge is 2.09. The van der Waals surface area contributed by atoms with Gasteiger partial charge < -0.3 is 15.8 Å². The first-order valence-electron chi connectivity index (χ1n) is 6.20. The maximum Gasteiger partial charge on any atom is 0.338 e. The molecule has 5 heteroatoms. The lowest BCUT2D eigenvalue weighted by molar-refractivity contribution is 0.0526. The number of carbonyl (C=O) groups is 1. The van der Waals surface area contributed by atoms with E-state index in [1.54, 1.807) is 25.1 Å². The van der Waals surface area contributed by atoms with Gasteiger partial charge in [-0.25, -0.2) is 4.79 Å². The van der Waals surface area contributed by atoms with E-state index < -0.39 is 0 Å². The number of carbonyl (C=O) groups excluding carboxylic acids is 1. The molecular formula is C15H15BrN2O2. The summed E-state index contributed by atoms with van der Waals surface area (Å²) in [5.41, 5.74) is 8.55. The van der Waals surface area contributed by atoms with Gasteiger partial charge in [0.1, 0.15) is 0 Å². The quantitative estimate of drug-likeness (QED) is 0.656. The summed E-state index contributed by atoms with van der Waals surface area (Å²) in [7, 11) is 0. The van der Waals surface area contributed by atoms with E-state index in [4.69, 9.17) is 10.5 Å². The first kappa shape index (κ1) is 14.4. The second kappa shape index (κ2) is 6.43. The second-order valence-electron chi connectivity index (χ2n) is 4.13. The monoisotopic (exact) mass is 334 g/mol. The van der Waals surface area contributed by atoms with Crippen molar-refractivity contribution in [1.82, 2.24) is 0 Å². The number of benzene rings is 2. The molecule has 0 fully saturated rings. The van der Waals surface area contributed by atoms with Crippen LogP contribution in [0, 0.1) is 0 Å². The zero-order valence-corrected chi connectivity index (χ0v) is 12.6. The molecule has 2 aromatic rings. The van der Waals surface area contributed by atoms with Crippen molar-refractivity contribution in [3.63, 3.8) is 0 Å². The van der Waals surface area contributed by atoms with Gasteiger partial charge in [-0.15, -0.1) is 0 Å². The molecule has 0 radical (unpaired) electrons. The van der Waals surface area contributed by atoms with Gasteiger partial charge in [0.2, 0.25) is 0 Å². The second-order valence-corrected chi connectivity index (χ2v) is 4.98. The largest absolute Gasteiger partial charge is 0.462 e. The predicted molar refractivity (Wildman–Crippen MR) is 84.2 cm³/mol. The van der Waals surface area contributed by atoms with E-state index in [0.29, 0.717) is 17.9 Å². The van der Waals surface area contributed by atoms with Crippen LogP contribution in [0.2, 0.25) is 0 Å². The molecule has 0 spiro atoms. The molecule has 0 aliphatic rings. The van der Waals surface area contributed by atoms with Gasteiger partial charge in [0.25, 0.3) is 0 Å². The van der Waals surface area contributed by atoms with Gasteiger partial charge >= 0.3 is 5.97 Å². The first-order chi connectivity index (χ1) is 9.61. The molecule has 0 atom stereocenters. The Hall–Kier alpha value is -2.01. The number of esters is 1. The van der Waals surface area contributed by atoms with E-state index in [2.05, 4.69) is 21.2 Å². The highest BCUT2D eigenvalue weighted by atomic mass is 79.9. The van der Waals surface area contributed by atoms with Crippen molar-refractivity contribution in [2.45, 2.75) is 6.92 Å². The lowest BCUT2D eigenvalue weighted by Gasteiger charge is -2.12. The van der Waals surface area contributed by atoms with Gasteiger partial charge in [-0.3, -0.25) is 0 Å². The number of nitrogens with one attached hydrogen (secondary N) is 1. The molecule has 0 bridgehead atoms. The van der Waals surface area contributed by atoms with Crippen molar-refractivity contribution in [2.24, 2.45) is 0 Å². The summed E-state index contributed by atoms with van der Waals surface area (Å²) in [6.07, 6.45) is 0. The molecule has 0 aliphatic carbocycles. The van der Waals surface area contributed by atoms with E-state index in [1.807, 2.05) is 24.3 Å². The molecule has 0 heterocycles. The first-order valence-corrected chi connectivity index (χ1v) is 6.99. The third kappa shape index (κ3) is 3.30. The molecule has 0 aromatic heterocycles. The fraction of sp³-hybridized carbons (Fsp3) is 0.133. The molecule has 104 valence electrons. The topological polar surface area (TPSA) is 64.3 Å². The molecular weight excluding hydrogens is 320 g/mol. The Morgan fingerprint density at radius 1 is 1.25 bits per heavy atom. The van der Waals surface area contributed by atoms with Crippen LogP contribution in [0.1, 0.15) is 17.3 Å². The van der Waals surface area contributed by atoms with E-state index in [-0.39, 0.29) is 5.97 Å². The van der Waals surface area contributed by atoms with Gasteiger partial charge in [0, 0.05) is 4.47 Å². The lowest BCUT2D eigenvalue weighted by Crippen LogP contribution is -2.06. The number of para-hydroxylation sites is 1. The molecule has 20 heavy (non-hydrogen) atoms. The van der Waals surface area contributed by atoms with Gasteiger partial charge in [0.15, 0.2) is 0 Å². The van der Waals surface area contributed by atoms with Crippen molar-refractivity contribution in [2.75, 3.05) is 17.7 Å². The summed E-state index contributed by atoms with van der Waals surface area (Å²) in [5, 5.41) is 3.21. The predicted octanol–water partition coefficient (Wildman–Crippen LogP) is 3.95. The van der Waals surface area contributed by atoms with Crippen molar-refractivity contribution in [1.29, 1.82) is 0 Å². The number of hydrogen-bond donors (Lipinski definition) is 2. The molecule has 3 N–H and O–H groups in total. The smallest absolute Gasteiger partial charge is 0.338 e. The van der Waals surface area contributed by atoms with Crippen LogP contribution < -0.4 is 11.1 Å². The molecule has 0 saturated carbocycles. The number of rotatable bonds is 4. The van der Waals surface area contributed by atoms with Crippen LogP contribution in [-0.4, -0.2) is 12.6 Å². The molecule has 4 nitrogen and oxygen atoms in total. The van der Waals surface area contributed by atoms with Crippen molar-refractivity contribution < 1.29 is 9.53 Å². The van der Waals surface area contributed by atoms with Crippen LogP contribution in [0.15, 0.2) is 46.9 Å². The van der Waals surface area contributed by atoms with Crippen molar-refractivity contribution >= 4 is 39.0 Å². The molecule has 0 aliphatic heterocycles. The van der Waals surface area contributed by atoms with Crippen LogP contribution in [0.3, 0.4) is 0 Å². The van der Waals surface area contributed by atoms with Crippen LogP contribution >= 0.6 is 15.9 Å². The Bertz CT molecular complexity index is 629. The third-order valence-electron chi connectivity index (χ3n) is 2.71. The minimum Gasteiger partial charge on any atom is -0.462 e. The van der Waals surface area contributed by atoms with E-state index in [0.717, 1.165) is 15.8 Å². The molecule has 2 rings (SSSR count). The highest BCUT2D eigenvalue weighted by Crippen LogP contribution is 2.29. The molecule has 0 amide bonds. The summed E-state index contributed by atoms with van der Waals surface area (Å²) in [4.78, 5) is 11.6. The number of nitrogen functional groups attached to an aromatic ring is 1. The van der Waals surface area contributed by atoms with Gasteiger partial charge in [0.05, 0.1) is 29.2 Å². The Balaban J connectivity index is 2.22. The number of hydrogen-bond acceptors (Lipinski definition) is 4. The Morgan fingerprint density at radius 3 is 2.65 bits per heavy atom. The number of ether oxygens (including phenoxy) is 1. The molecule has 0 saturated heterocycles. The Kier molecular flexibility index (Phi) is 4.63. The summed E-state index contributed by atoms with van der Waals surface area (Å²) in [6, 6.07) is 12.8. The maximum absolute atomic E-state index is 11.6. The Morgan fingerprint density at radius 2 is 2.00 bits per heavy atom. The number of halogens is 1. The number of nitrogens with two attached hydrogens (primary N) is 1. The zero-order valence-electron chi connectivity index (χ0n) is 11.0. The fourth-order valence-electron chi connectivity index (χ4n) is 1.73. The minimum absolute atomic E-state index is 0.343. The standard InChI is InChI=1S/C15H15BrN2O2/c1-2-20-15(19)10-7-8-14(12(17)9-10)18-13-6-4-3-5-11(13)16/h3-9,18H,2,17H2,1H3. The Labute approximate surface area is 126 Å². The van der Waals surface area contributed by atoms with Gasteiger partial charge in [-0.05, 0) is 53.2 Å². The summed E-state index contributed by atoms with van der Waals surface area (Å²) >= 11 is 3.46. The SMILES string of the molecule is CCOC(=O)c1ccc(Nc2ccccc2Br)c(N)c1. The summed E-state index contributed by atoms with van der Waals surface area (Å²) < 4.78 is 5.88. The van der Waals surface area contributed by atoms with Crippen LogP contribution in [-0.2, 0) is 4.74 Å². The summed E-state index contributed by atoms with van der Waals surface area (Å²) in [5.74, 6) is -0.369. The average molecular weight is 335 g/mol. The van der Waals surface area contributed by atoms with E-state index in [9.17, 15) is 4.79 Å². The zero-order chi connectivity index (χ0) is 14.5. The van der Waals surface area contributed by atoms with Crippen LogP contribution in [0.5, 0.6) is 0 Å².